The van der Waals surface area contributed by atoms with Crippen LogP contribution in [0.1, 0.15) is 24.8 Å². The minimum atomic E-state index is -3.89. The molecule has 1 aliphatic rings. The van der Waals surface area contributed by atoms with Crippen LogP contribution >= 0.6 is 22.9 Å². The molecule has 1 aliphatic heterocycles. The van der Waals surface area contributed by atoms with Gasteiger partial charge >= 0.3 is 10.3 Å². The molecule has 0 amide bonds. The van der Waals surface area contributed by atoms with E-state index in [1.807, 2.05) is 0 Å². The highest BCUT2D eigenvalue weighted by Crippen LogP contribution is 2.40. The van der Waals surface area contributed by atoms with Gasteiger partial charge in [0.1, 0.15) is 6.10 Å². The van der Waals surface area contributed by atoms with E-state index in [0.29, 0.717) is 9.34 Å². The van der Waals surface area contributed by atoms with Crippen LogP contribution in [0.4, 0.5) is 0 Å². The largest absolute Gasteiger partial charge is 0.337 e. The summed E-state index contributed by atoms with van der Waals surface area (Å²) in [5.74, 6) is -0.929. The minimum Gasteiger partial charge on any atom is -0.337 e. The summed E-state index contributed by atoms with van der Waals surface area (Å²) in [6.45, 7) is 3.37. The zero-order valence-corrected chi connectivity index (χ0v) is 12.8. The van der Waals surface area contributed by atoms with Gasteiger partial charge in [0.2, 0.25) is 0 Å². The van der Waals surface area contributed by atoms with Crippen molar-refractivity contribution in [2.75, 3.05) is 7.11 Å². The predicted molar refractivity (Wildman–Crippen MR) is 69.0 cm³/mol. The second kappa shape index (κ2) is 5.24. The Morgan fingerprint density at radius 1 is 1.53 bits per heavy atom. The van der Waals surface area contributed by atoms with Crippen molar-refractivity contribution in [3.8, 4) is 0 Å². The molecule has 0 saturated carbocycles. The number of nitrogens with one attached hydrogen (secondary N) is 1. The highest BCUT2D eigenvalue weighted by atomic mass is 35.5. The Hall–Kier alpha value is -0.290. The van der Waals surface area contributed by atoms with Gasteiger partial charge in [0.15, 0.2) is 16.5 Å². The van der Waals surface area contributed by atoms with Crippen molar-refractivity contribution in [3.05, 3.63) is 15.5 Å². The monoisotopic (exact) mass is 328 g/mol. The van der Waals surface area contributed by atoms with Crippen molar-refractivity contribution in [1.29, 1.82) is 0 Å². The van der Waals surface area contributed by atoms with E-state index in [0.717, 1.165) is 7.11 Å². The van der Waals surface area contributed by atoms with Crippen LogP contribution in [0.5, 0.6) is 0 Å². The summed E-state index contributed by atoms with van der Waals surface area (Å²) in [7, 11) is -2.83. The van der Waals surface area contributed by atoms with E-state index in [9.17, 15) is 8.42 Å². The lowest BCUT2D eigenvalue weighted by atomic mass is 10.3. The number of aromatic nitrogens is 1. The molecular formula is C9H13ClN2O5S2. The number of hydrogen-bond donors (Lipinski definition) is 1. The van der Waals surface area contributed by atoms with E-state index < -0.39 is 28.4 Å². The Balaban J connectivity index is 2.24. The van der Waals surface area contributed by atoms with E-state index in [4.69, 9.17) is 21.1 Å². The number of nitrogens with zero attached hydrogens (tertiary/aromatic N) is 1. The van der Waals surface area contributed by atoms with Crippen molar-refractivity contribution in [1.82, 2.24) is 9.71 Å². The van der Waals surface area contributed by atoms with Crippen molar-refractivity contribution >= 4 is 33.2 Å². The molecule has 0 aromatic carbocycles. The van der Waals surface area contributed by atoms with Gasteiger partial charge in [-0.3, -0.25) is 4.18 Å². The van der Waals surface area contributed by atoms with Crippen LogP contribution in [0, 0.1) is 0 Å². The first-order chi connectivity index (χ1) is 8.72. The molecule has 0 radical (unpaired) electrons. The zero-order chi connectivity index (χ0) is 14.3. The van der Waals surface area contributed by atoms with Crippen LogP contribution in [0.15, 0.2) is 6.20 Å². The van der Waals surface area contributed by atoms with E-state index in [1.54, 1.807) is 13.8 Å². The van der Waals surface area contributed by atoms with Gasteiger partial charge in [-0.05, 0) is 13.8 Å². The van der Waals surface area contributed by atoms with Crippen molar-refractivity contribution in [3.63, 3.8) is 0 Å². The number of halogens is 1. The lowest BCUT2D eigenvalue weighted by molar-refractivity contribution is -0.147. The van der Waals surface area contributed by atoms with E-state index in [2.05, 4.69) is 13.9 Å². The first-order valence-electron chi connectivity index (χ1n) is 5.27. The maximum absolute atomic E-state index is 11.4. The average Bonchev–Trinajstić information content (AvgIpc) is 2.82. The molecule has 2 rings (SSSR count). The number of hydrogen-bond acceptors (Lipinski definition) is 7. The molecule has 7 nitrogen and oxygen atoms in total. The molecular weight excluding hydrogens is 316 g/mol. The molecule has 1 saturated heterocycles. The molecule has 19 heavy (non-hydrogen) atoms. The fourth-order valence-electron chi connectivity index (χ4n) is 1.64. The number of ether oxygens (including phenoxy) is 2. The molecule has 1 aromatic rings. The minimum absolute atomic E-state index is 0.344. The third kappa shape index (κ3) is 3.63. The second-order valence-electron chi connectivity index (χ2n) is 4.23. The molecule has 1 N–H and O–H groups in total. The van der Waals surface area contributed by atoms with Crippen molar-refractivity contribution < 1.29 is 22.1 Å². The fraction of sp³-hybridized carbons (Fsp3) is 0.667. The van der Waals surface area contributed by atoms with Gasteiger partial charge in [-0.2, -0.15) is 13.1 Å². The Morgan fingerprint density at radius 2 is 2.21 bits per heavy atom. The molecule has 1 aromatic heterocycles. The standard InChI is InChI=1S/C9H13ClN2O5S2/c1-9(2)16-6(5-4-11-8(10)18-5)7(17-9)12-19(13,14)15-3/h4,6-7,12H,1-3H3. The van der Waals surface area contributed by atoms with Crippen LogP contribution in [-0.2, 0) is 24.0 Å². The molecule has 2 atom stereocenters. The van der Waals surface area contributed by atoms with E-state index in [1.165, 1.54) is 17.5 Å². The molecule has 108 valence electrons. The maximum atomic E-state index is 11.4. The van der Waals surface area contributed by atoms with E-state index in [-0.39, 0.29) is 0 Å². The van der Waals surface area contributed by atoms with Crippen LogP contribution < -0.4 is 4.72 Å². The van der Waals surface area contributed by atoms with Gasteiger partial charge < -0.3 is 9.47 Å². The van der Waals surface area contributed by atoms with Crippen LogP contribution in [0.25, 0.3) is 0 Å². The number of thiazole rings is 1. The SMILES string of the molecule is COS(=O)(=O)NC1OC(C)(C)OC1c1cnc(Cl)s1. The Labute approximate surface area is 120 Å². The van der Waals surface area contributed by atoms with Crippen LogP contribution in [0.3, 0.4) is 0 Å². The summed E-state index contributed by atoms with van der Waals surface area (Å²) < 4.78 is 41.0. The summed E-state index contributed by atoms with van der Waals surface area (Å²) in [4.78, 5) is 4.57. The molecule has 0 bridgehead atoms. The van der Waals surface area contributed by atoms with Crippen molar-refractivity contribution in [2.45, 2.75) is 32.0 Å². The van der Waals surface area contributed by atoms with Gasteiger partial charge in [-0.15, -0.1) is 11.3 Å². The van der Waals surface area contributed by atoms with Gasteiger partial charge in [-0.25, -0.2) is 4.98 Å². The summed E-state index contributed by atoms with van der Waals surface area (Å²) in [5.41, 5.74) is 0. The Bertz CT molecular complexity index is 559. The maximum Gasteiger partial charge on any atom is 0.337 e. The highest BCUT2D eigenvalue weighted by Gasteiger charge is 2.44. The van der Waals surface area contributed by atoms with Crippen LogP contribution in [0.2, 0.25) is 4.47 Å². The number of rotatable bonds is 4. The average molecular weight is 329 g/mol. The van der Waals surface area contributed by atoms with Crippen molar-refractivity contribution in [2.24, 2.45) is 0 Å². The molecule has 10 heteroatoms. The lowest BCUT2D eigenvalue weighted by Gasteiger charge is -2.16. The van der Waals surface area contributed by atoms with Gasteiger partial charge in [-0.1, -0.05) is 11.6 Å². The van der Waals surface area contributed by atoms with Gasteiger partial charge in [0.25, 0.3) is 0 Å². The Morgan fingerprint density at radius 3 is 2.74 bits per heavy atom. The summed E-state index contributed by atoms with van der Waals surface area (Å²) in [6, 6.07) is 0. The third-order valence-electron chi connectivity index (χ3n) is 2.35. The second-order valence-corrected chi connectivity index (χ2v) is 7.35. The van der Waals surface area contributed by atoms with Gasteiger partial charge in [0, 0.05) is 6.20 Å². The Kier molecular flexibility index (Phi) is 4.17. The van der Waals surface area contributed by atoms with Gasteiger partial charge in [0.05, 0.1) is 12.0 Å². The summed E-state index contributed by atoms with van der Waals surface area (Å²) in [6.07, 6.45) is -0.0160. The molecule has 1 fully saturated rings. The predicted octanol–water partition coefficient (Wildman–Crippen LogP) is 1.43. The first kappa shape index (κ1) is 15.1. The van der Waals surface area contributed by atoms with Crippen LogP contribution in [-0.4, -0.2) is 32.5 Å². The summed E-state index contributed by atoms with van der Waals surface area (Å²) >= 11 is 6.96. The topological polar surface area (TPSA) is 86.8 Å². The first-order valence-corrected chi connectivity index (χ1v) is 7.87. The molecule has 2 unspecified atom stereocenters. The smallest absolute Gasteiger partial charge is 0.337 e. The molecule has 0 spiro atoms. The summed E-state index contributed by atoms with van der Waals surface area (Å²) in [5, 5.41) is 0. The normalized spacial score (nSPS) is 26.7. The zero-order valence-electron chi connectivity index (χ0n) is 10.4. The van der Waals surface area contributed by atoms with E-state index >= 15 is 0 Å². The lowest BCUT2D eigenvalue weighted by Crippen LogP contribution is -2.39. The fourth-order valence-corrected chi connectivity index (χ4v) is 3.20. The quantitative estimate of drug-likeness (QED) is 0.899. The third-order valence-corrected chi connectivity index (χ3v) is 4.49. The molecule has 2 heterocycles. The molecule has 0 aliphatic carbocycles. The highest BCUT2D eigenvalue weighted by molar-refractivity contribution is 7.84.